The number of nitrogens with one attached hydrogen (secondary N) is 1. The molecule has 0 spiro atoms. The lowest BCUT2D eigenvalue weighted by molar-refractivity contribution is -0.00249. The highest BCUT2D eigenvalue weighted by molar-refractivity contribution is 5.45. The summed E-state index contributed by atoms with van der Waals surface area (Å²) in [5.41, 5.74) is 1.04. The summed E-state index contributed by atoms with van der Waals surface area (Å²) in [6.07, 6.45) is 2.25. The molecule has 1 unspecified atom stereocenters. The summed E-state index contributed by atoms with van der Waals surface area (Å²) in [5, 5.41) is 3.45. The average molecular weight is 280 g/mol. The van der Waals surface area contributed by atoms with Crippen molar-refractivity contribution in [2.24, 2.45) is 5.41 Å². The van der Waals surface area contributed by atoms with Crippen LogP contribution in [0.2, 0.25) is 0 Å². The Morgan fingerprint density at radius 3 is 2.95 bits per heavy atom. The lowest BCUT2D eigenvalue weighted by Gasteiger charge is -2.40. The fourth-order valence-electron chi connectivity index (χ4n) is 2.93. The van der Waals surface area contributed by atoms with Crippen LogP contribution in [0.5, 0.6) is 0 Å². The van der Waals surface area contributed by atoms with Gasteiger partial charge in [0.1, 0.15) is 5.82 Å². The van der Waals surface area contributed by atoms with Crippen LogP contribution in [-0.2, 0) is 4.74 Å². The van der Waals surface area contributed by atoms with Crippen molar-refractivity contribution in [1.82, 2.24) is 5.32 Å². The molecule has 0 aliphatic carbocycles. The van der Waals surface area contributed by atoms with E-state index in [9.17, 15) is 4.39 Å². The van der Waals surface area contributed by atoms with Gasteiger partial charge in [-0.3, -0.25) is 0 Å². The molecule has 4 heteroatoms. The number of anilines is 1. The second-order valence-electron chi connectivity index (χ2n) is 5.77. The van der Waals surface area contributed by atoms with Gasteiger partial charge >= 0.3 is 0 Å². The number of hydrogen-bond donors (Lipinski definition) is 1. The molecule has 1 atom stereocenters. The van der Waals surface area contributed by atoms with Gasteiger partial charge in [-0.1, -0.05) is 13.0 Å². The van der Waals surface area contributed by atoms with Crippen LogP contribution in [0.1, 0.15) is 19.8 Å². The minimum absolute atomic E-state index is 0.120. The van der Waals surface area contributed by atoms with Crippen LogP contribution in [0.4, 0.5) is 10.1 Å². The Hall–Kier alpha value is -1.13. The minimum Gasteiger partial charge on any atom is -0.381 e. The topological polar surface area (TPSA) is 24.5 Å². The molecule has 0 amide bonds. The Morgan fingerprint density at radius 1 is 1.45 bits per heavy atom. The van der Waals surface area contributed by atoms with E-state index in [1.807, 2.05) is 13.1 Å². The summed E-state index contributed by atoms with van der Waals surface area (Å²) in [7, 11) is 2.02. The zero-order chi connectivity index (χ0) is 14.4. The Kier molecular flexibility index (Phi) is 5.38. The Balaban J connectivity index is 2.06. The third kappa shape index (κ3) is 3.93. The van der Waals surface area contributed by atoms with E-state index in [-0.39, 0.29) is 11.2 Å². The van der Waals surface area contributed by atoms with Crippen molar-refractivity contribution >= 4 is 5.69 Å². The molecule has 1 aliphatic heterocycles. The Morgan fingerprint density at radius 2 is 2.30 bits per heavy atom. The highest BCUT2D eigenvalue weighted by atomic mass is 19.1. The number of hydrogen-bond acceptors (Lipinski definition) is 3. The molecule has 1 aromatic carbocycles. The molecular formula is C16H25FN2O. The zero-order valence-electron chi connectivity index (χ0n) is 12.5. The Labute approximate surface area is 121 Å². The first-order valence-electron chi connectivity index (χ1n) is 7.40. The monoisotopic (exact) mass is 280 g/mol. The maximum atomic E-state index is 13.3. The van der Waals surface area contributed by atoms with Crippen LogP contribution >= 0.6 is 0 Å². The van der Waals surface area contributed by atoms with E-state index < -0.39 is 0 Å². The van der Waals surface area contributed by atoms with Crippen LogP contribution in [0.15, 0.2) is 24.3 Å². The van der Waals surface area contributed by atoms with E-state index in [1.165, 1.54) is 6.07 Å². The molecule has 0 saturated carbocycles. The number of halogens is 1. The van der Waals surface area contributed by atoms with Gasteiger partial charge in [0.2, 0.25) is 0 Å². The highest BCUT2D eigenvalue weighted by Gasteiger charge is 2.33. The fourth-order valence-corrected chi connectivity index (χ4v) is 2.93. The van der Waals surface area contributed by atoms with Gasteiger partial charge in [-0.2, -0.15) is 0 Å². The average Bonchev–Trinajstić information content (AvgIpc) is 2.46. The van der Waals surface area contributed by atoms with Crippen LogP contribution in [0.25, 0.3) is 0 Å². The summed E-state index contributed by atoms with van der Waals surface area (Å²) in [6.45, 7) is 6.54. The van der Waals surface area contributed by atoms with Gasteiger partial charge in [0.05, 0.1) is 6.61 Å². The van der Waals surface area contributed by atoms with Crippen molar-refractivity contribution in [2.45, 2.75) is 19.8 Å². The van der Waals surface area contributed by atoms with Gasteiger partial charge in [0.25, 0.3) is 0 Å². The van der Waals surface area contributed by atoms with Crippen LogP contribution in [0.3, 0.4) is 0 Å². The number of benzene rings is 1. The standard InChI is InChI=1S/C16H25FN2O/c1-3-18-11-16(8-5-9-20-13-16)12-19(2)15-7-4-6-14(17)10-15/h4,6-7,10,18H,3,5,8-9,11-13H2,1-2H3. The van der Waals surface area contributed by atoms with Gasteiger partial charge in [-0.05, 0) is 37.6 Å². The third-order valence-electron chi connectivity index (χ3n) is 3.98. The lowest BCUT2D eigenvalue weighted by atomic mass is 9.81. The first-order valence-corrected chi connectivity index (χ1v) is 7.40. The minimum atomic E-state index is -0.185. The van der Waals surface area contributed by atoms with Crippen molar-refractivity contribution in [2.75, 3.05) is 44.8 Å². The second kappa shape index (κ2) is 7.04. The maximum absolute atomic E-state index is 13.3. The molecule has 0 aromatic heterocycles. The third-order valence-corrected chi connectivity index (χ3v) is 3.98. The van der Waals surface area contributed by atoms with Crippen molar-refractivity contribution in [1.29, 1.82) is 0 Å². The molecule has 1 aliphatic rings. The molecule has 1 N–H and O–H groups in total. The summed E-state index contributed by atoms with van der Waals surface area (Å²) in [5.74, 6) is -0.185. The SMILES string of the molecule is CCNCC1(CN(C)c2cccc(F)c2)CCCOC1. The van der Waals surface area contributed by atoms with E-state index in [4.69, 9.17) is 4.74 Å². The molecule has 1 aromatic rings. The quantitative estimate of drug-likeness (QED) is 0.867. The van der Waals surface area contributed by atoms with Crippen LogP contribution in [0, 0.1) is 11.2 Å². The van der Waals surface area contributed by atoms with Gasteiger partial charge in [-0.25, -0.2) is 4.39 Å². The van der Waals surface area contributed by atoms with Crippen molar-refractivity contribution in [3.05, 3.63) is 30.1 Å². The van der Waals surface area contributed by atoms with E-state index in [2.05, 4.69) is 17.1 Å². The van der Waals surface area contributed by atoms with Crippen molar-refractivity contribution < 1.29 is 9.13 Å². The molecular weight excluding hydrogens is 255 g/mol. The van der Waals surface area contributed by atoms with Crippen LogP contribution < -0.4 is 10.2 Å². The van der Waals surface area contributed by atoms with E-state index in [0.717, 1.165) is 51.4 Å². The summed E-state index contributed by atoms with van der Waals surface area (Å²) >= 11 is 0. The highest BCUT2D eigenvalue weighted by Crippen LogP contribution is 2.30. The van der Waals surface area contributed by atoms with E-state index in [0.29, 0.717) is 0 Å². The van der Waals surface area contributed by atoms with Gasteiger partial charge < -0.3 is 15.0 Å². The number of nitrogens with zero attached hydrogens (tertiary/aromatic N) is 1. The number of rotatable bonds is 6. The molecule has 0 bridgehead atoms. The number of ether oxygens (including phenoxy) is 1. The molecule has 1 fully saturated rings. The smallest absolute Gasteiger partial charge is 0.125 e. The van der Waals surface area contributed by atoms with E-state index in [1.54, 1.807) is 12.1 Å². The second-order valence-corrected chi connectivity index (χ2v) is 5.77. The summed E-state index contributed by atoms with van der Waals surface area (Å²) in [6, 6.07) is 6.78. The molecule has 112 valence electrons. The van der Waals surface area contributed by atoms with Crippen LogP contribution in [-0.4, -0.2) is 39.9 Å². The molecule has 20 heavy (non-hydrogen) atoms. The first kappa shape index (κ1) is 15.3. The maximum Gasteiger partial charge on any atom is 0.125 e. The van der Waals surface area contributed by atoms with Gasteiger partial charge in [0.15, 0.2) is 0 Å². The molecule has 1 heterocycles. The molecule has 3 nitrogen and oxygen atoms in total. The molecule has 2 rings (SSSR count). The summed E-state index contributed by atoms with van der Waals surface area (Å²) in [4.78, 5) is 2.13. The van der Waals surface area contributed by atoms with Crippen molar-refractivity contribution in [3.63, 3.8) is 0 Å². The van der Waals surface area contributed by atoms with E-state index >= 15 is 0 Å². The first-order chi connectivity index (χ1) is 9.65. The normalized spacial score (nSPS) is 22.8. The predicted molar refractivity (Wildman–Crippen MR) is 80.7 cm³/mol. The van der Waals surface area contributed by atoms with Gasteiger partial charge in [-0.15, -0.1) is 0 Å². The zero-order valence-corrected chi connectivity index (χ0v) is 12.5. The summed E-state index contributed by atoms with van der Waals surface area (Å²) < 4.78 is 19.0. The molecule has 0 radical (unpaired) electrons. The fraction of sp³-hybridized carbons (Fsp3) is 0.625. The predicted octanol–water partition coefficient (Wildman–Crippen LogP) is 2.67. The lowest BCUT2D eigenvalue weighted by Crippen LogP contribution is -2.48. The Bertz CT molecular complexity index is 419. The molecule has 1 saturated heterocycles. The van der Waals surface area contributed by atoms with Gasteiger partial charge in [0, 0.05) is 37.8 Å². The largest absolute Gasteiger partial charge is 0.381 e. The van der Waals surface area contributed by atoms with Crippen molar-refractivity contribution in [3.8, 4) is 0 Å².